The highest BCUT2D eigenvalue weighted by molar-refractivity contribution is 8.00. The Morgan fingerprint density at radius 3 is 2.86 bits per heavy atom. The molecule has 0 saturated heterocycles. The summed E-state index contributed by atoms with van der Waals surface area (Å²) in [6.45, 7) is 3.83. The lowest BCUT2D eigenvalue weighted by molar-refractivity contribution is -0.115. The molecule has 21 heavy (non-hydrogen) atoms. The topological polar surface area (TPSA) is 56.1 Å². The number of nitrogens with one attached hydrogen (secondary N) is 1. The number of amides is 1. The number of rotatable bonds is 5. The van der Waals surface area contributed by atoms with Gasteiger partial charge < -0.3 is 14.6 Å². The first-order valence-corrected chi connectivity index (χ1v) is 7.48. The van der Waals surface area contributed by atoms with Gasteiger partial charge in [-0.3, -0.25) is 4.79 Å². The summed E-state index contributed by atoms with van der Waals surface area (Å²) in [6.07, 6.45) is 3.58. The van der Waals surface area contributed by atoms with Gasteiger partial charge in [0.15, 0.2) is 5.16 Å². The second-order valence-corrected chi connectivity index (χ2v) is 6.08. The van der Waals surface area contributed by atoms with Crippen LogP contribution in [0.5, 0.6) is 5.75 Å². The highest BCUT2D eigenvalue weighted by Crippen LogP contribution is 2.27. The van der Waals surface area contributed by atoms with Crippen molar-refractivity contribution in [3.63, 3.8) is 0 Å². The minimum absolute atomic E-state index is 0.0769. The molecule has 2 aromatic rings. The quantitative estimate of drug-likeness (QED) is 0.863. The zero-order valence-electron chi connectivity index (χ0n) is 12.6. The van der Waals surface area contributed by atoms with E-state index in [1.165, 1.54) is 11.8 Å². The number of hydrogen-bond donors (Lipinski definition) is 1. The maximum atomic E-state index is 12.3. The second-order valence-electron chi connectivity index (χ2n) is 4.77. The van der Waals surface area contributed by atoms with Gasteiger partial charge in [-0.1, -0.05) is 17.8 Å². The molecule has 0 bridgehead atoms. The van der Waals surface area contributed by atoms with Crippen molar-refractivity contribution in [1.29, 1.82) is 0 Å². The number of hydrogen-bond acceptors (Lipinski definition) is 4. The number of aromatic nitrogens is 2. The fraction of sp³-hybridized carbons (Fsp3) is 0.333. The molecule has 1 heterocycles. The molecule has 1 unspecified atom stereocenters. The summed E-state index contributed by atoms with van der Waals surface area (Å²) in [7, 11) is 3.50. The Bertz CT molecular complexity index is 640. The summed E-state index contributed by atoms with van der Waals surface area (Å²) in [5.41, 5.74) is 1.75. The Balaban J connectivity index is 2.07. The number of benzene rings is 1. The second kappa shape index (κ2) is 6.67. The van der Waals surface area contributed by atoms with Gasteiger partial charge in [0.05, 0.1) is 18.0 Å². The highest BCUT2D eigenvalue weighted by atomic mass is 32.2. The molecule has 1 N–H and O–H groups in total. The third-order valence-electron chi connectivity index (χ3n) is 3.04. The van der Waals surface area contributed by atoms with E-state index >= 15 is 0 Å². The van der Waals surface area contributed by atoms with Crippen molar-refractivity contribution in [2.75, 3.05) is 12.4 Å². The van der Waals surface area contributed by atoms with Gasteiger partial charge in [0.25, 0.3) is 0 Å². The number of imidazole rings is 1. The molecule has 0 radical (unpaired) electrons. The zero-order valence-corrected chi connectivity index (χ0v) is 13.4. The van der Waals surface area contributed by atoms with Gasteiger partial charge in [-0.15, -0.1) is 0 Å². The number of carbonyl (C=O) groups excluding carboxylic acids is 1. The molecule has 0 aliphatic heterocycles. The Morgan fingerprint density at radius 2 is 2.24 bits per heavy atom. The van der Waals surface area contributed by atoms with E-state index in [9.17, 15) is 4.79 Å². The number of methoxy groups -OCH3 is 1. The largest absolute Gasteiger partial charge is 0.495 e. The minimum Gasteiger partial charge on any atom is -0.495 e. The standard InChI is InChI=1S/C15H19N3O2S/c1-10-5-6-13(20-4)12(9-10)17-14(19)11(2)21-15-16-7-8-18(15)3/h5-9,11H,1-4H3,(H,17,19). The van der Waals surface area contributed by atoms with Crippen LogP contribution in [0.4, 0.5) is 5.69 Å². The van der Waals surface area contributed by atoms with Crippen LogP contribution in [-0.2, 0) is 11.8 Å². The van der Waals surface area contributed by atoms with Gasteiger partial charge in [-0.2, -0.15) is 0 Å². The highest BCUT2D eigenvalue weighted by Gasteiger charge is 2.18. The van der Waals surface area contributed by atoms with Gasteiger partial charge in [-0.25, -0.2) is 4.98 Å². The van der Waals surface area contributed by atoms with Crippen LogP contribution >= 0.6 is 11.8 Å². The number of nitrogens with zero attached hydrogens (tertiary/aromatic N) is 2. The van der Waals surface area contributed by atoms with E-state index in [2.05, 4.69) is 10.3 Å². The first-order valence-electron chi connectivity index (χ1n) is 6.60. The zero-order chi connectivity index (χ0) is 15.4. The fourth-order valence-corrected chi connectivity index (χ4v) is 2.66. The van der Waals surface area contributed by atoms with Crippen LogP contribution in [0.2, 0.25) is 0 Å². The predicted octanol–water partition coefficient (Wildman–Crippen LogP) is 2.86. The summed E-state index contributed by atoms with van der Waals surface area (Å²) < 4.78 is 7.16. The molecule has 0 spiro atoms. The summed E-state index contributed by atoms with van der Waals surface area (Å²) >= 11 is 1.42. The SMILES string of the molecule is COc1ccc(C)cc1NC(=O)C(C)Sc1nccn1C. The molecule has 112 valence electrons. The predicted molar refractivity (Wildman–Crippen MR) is 84.9 cm³/mol. The number of thioether (sulfide) groups is 1. The van der Waals surface area contributed by atoms with Crippen LogP contribution in [0.25, 0.3) is 0 Å². The number of carbonyl (C=O) groups is 1. The van der Waals surface area contributed by atoms with Crippen molar-refractivity contribution in [2.45, 2.75) is 24.3 Å². The molecule has 0 aliphatic carbocycles. The molecular weight excluding hydrogens is 286 g/mol. The molecule has 6 heteroatoms. The maximum Gasteiger partial charge on any atom is 0.237 e. The maximum absolute atomic E-state index is 12.3. The number of anilines is 1. The monoisotopic (exact) mass is 305 g/mol. The molecule has 2 rings (SSSR count). The smallest absolute Gasteiger partial charge is 0.237 e. The molecule has 0 saturated carbocycles. The van der Waals surface area contributed by atoms with Crippen molar-refractivity contribution >= 4 is 23.4 Å². The fourth-order valence-electron chi connectivity index (χ4n) is 1.83. The Hall–Kier alpha value is -1.95. The van der Waals surface area contributed by atoms with Gasteiger partial charge in [0.1, 0.15) is 5.75 Å². The lowest BCUT2D eigenvalue weighted by Crippen LogP contribution is -2.23. The summed E-state index contributed by atoms with van der Waals surface area (Å²) in [6, 6.07) is 5.69. The van der Waals surface area contributed by atoms with Crippen molar-refractivity contribution < 1.29 is 9.53 Å². The number of aryl methyl sites for hydroxylation is 2. The molecule has 0 aliphatic rings. The third-order valence-corrected chi connectivity index (χ3v) is 4.21. The summed E-state index contributed by atoms with van der Waals surface area (Å²) in [5, 5.41) is 3.47. The number of ether oxygens (including phenoxy) is 1. The van der Waals surface area contributed by atoms with E-state index in [4.69, 9.17) is 4.74 Å². The van der Waals surface area contributed by atoms with E-state index < -0.39 is 0 Å². The Kier molecular flexibility index (Phi) is 4.90. The first kappa shape index (κ1) is 15.4. The molecule has 1 aromatic carbocycles. The normalized spacial score (nSPS) is 12.0. The molecule has 1 atom stereocenters. The third kappa shape index (κ3) is 3.78. The van der Waals surface area contributed by atoms with E-state index in [1.54, 1.807) is 13.3 Å². The van der Waals surface area contributed by atoms with Gasteiger partial charge in [0, 0.05) is 19.4 Å². The minimum atomic E-state index is -0.253. The van der Waals surface area contributed by atoms with Crippen LogP contribution in [-0.4, -0.2) is 27.8 Å². The average Bonchev–Trinajstić information content (AvgIpc) is 2.84. The van der Waals surface area contributed by atoms with Crippen LogP contribution < -0.4 is 10.1 Å². The lowest BCUT2D eigenvalue weighted by atomic mass is 10.2. The van der Waals surface area contributed by atoms with Crippen molar-refractivity contribution in [1.82, 2.24) is 9.55 Å². The summed E-state index contributed by atoms with van der Waals surface area (Å²) in [4.78, 5) is 16.5. The van der Waals surface area contributed by atoms with Gasteiger partial charge in [-0.05, 0) is 31.5 Å². The van der Waals surface area contributed by atoms with Crippen molar-refractivity contribution in [3.8, 4) is 5.75 Å². The van der Waals surface area contributed by atoms with Crippen molar-refractivity contribution in [3.05, 3.63) is 36.2 Å². The van der Waals surface area contributed by atoms with E-state index in [0.717, 1.165) is 10.7 Å². The van der Waals surface area contributed by atoms with E-state index in [1.807, 2.05) is 49.9 Å². The van der Waals surface area contributed by atoms with Crippen molar-refractivity contribution in [2.24, 2.45) is 7.05 Å². The van der Waals surface area contributed by atoms with Crippen LogP contribution in [0.15, 0.2) is 35.7 Å². The first-order chi connectivity index (χ1) is 10.0. The van der Waals surface area contributed by atoms with E-state index in [-0.39, 0.29) is 11.2 Å². The van der Waals surface area contributed by atoms with E-state index in [0.29, 0.717) is 11.4 Å². The van der Waals surface area contributed by atoms with Gasteiger partial charge in [0.2, 0.25) is 5.91 Å². The molecule has 0 fully saturated rings. The van der Waals surface area contributed by atoms with Crippen LogP contribution in [0.3, 0.4) is 0 Å². The average molecular weight is 305 g/mol. The van der Waals surface area contributed by atoms with Crippen LogP contribution in [0, 0.1) is 6.92 Å². The Morgan fingerprint density at radius 1 is 1.48 bits per heavy atom. The van der Waals surface area contributed by atoms with Gasteiger partial charge >= 0.3 is 0 Å². The summed E-state index contributed by atoms with van der Waals surface area (Å²) in [5.74, 6) is 0.579. The van der Waals surface area contributed by atoms with Crippen LogP contribution in [0.1, 0.15) is 12.5 Å². The lowest BCUT2D eigenvalue weighted by Gasteiger charge is -2.14. The Labute approximate surface area is 128 Å². The molecular formula is C15H19N3O2S. The molecule has 1 aromatic heterocycles. The molecule has 5 nitrogen and oxygen atoms in total. The molecule has 1 amide bonds.